The van der Waals surface area contributed by atoms with Crippen LogP contribution in [0.4, 0.5) is 0 Å². The molecule has 0 atom stereocenters. The zero-order valence-corrected chi connectivity index (χ0v) is 14.2. The molecule has 1 heterocycles. The monoisotopic (exact) mass is 331 g/mol. The van der Waals surface area contributed by atoms with Crippen molar-refractivity contribution in [1.82, 2.24) is 15.1 Å². The molecule has 1 saturated carbocycles. The van der Waals surface area contributed by atoms with Crippen LogP contribution >= 0.6 is 0 Å². The van der Waals surface area contributed by atoms with E-state index in [9.17, 15) is 9.59 Å². The summed E-state index contributed by atoms with van der Waals surface area (Å²) in [7, 11) is 1.66. The third-order valence-corrected chi connectivity index (χ3v) is 4.48. The van der Waals surface area contributed by atoms with Crippen molar-refractivity contribution < 1.29 is 14.3 Å². The summed E-state index contributed by atoms with van der Waals surface area (Å²) in [5.74, 6) is 0.159. The molecule has 1 aliphatic heterocycles. The second kappa shape index (κ2) is 7.77. The van der Waals surface area contributed by atoms with Gasteiger partial charge in [-0.25, -0.2) is 0 Å². The third-order valence-electron chi connectivity index (χ3n) is 4.48. The quantitative estimate of drug-likeness (QED) is 0.840. The number of methoxy groups -OCH3 is 1. The van der Waals surface area contributed by atoms with Crippen LogP contribution in [0.2, 0.25) is 0 Å². The highest BCUT2D eigenvalue weighted by atomic mass is 16.5. The number of piperazine rings is 1. The predicted octanol–water partition coefficient (Wildman–Crippen LogP) is 0.869. The summed E-state index contributed by atoms with van der Waals surface area (Å²) in [6.07, 6.45) is 2.22. The Morgan fingerprint density at radius 1 is 1.12 bits per heavy atom. The zero-order chi connectivity index (χ0) is 16.9. The highest BCUT2D eigenvalue weighted by Gasteiger charge is 2.26. The number of rotatable bonds is 6. The number of carbonyl (C=O) groups excluding carboxylic acids is 2. The average Bonchev–Trinajstić information content (AvgIpc) is 3.40. The SMILES string of the molecule is COCc1ccc(C(=O)N2CCN(CC(=O)NC3CC3)CC2)cc1. The number of ether oxygens (including phenoxy) is 1. The molecule has 2 amide bonds. The first-order valence-electron chi connectivity index (χ1n) is 8.54. The summed E-state index contributed by atoms with van der Waals surface area (Å²) in [6, 6.07) is 7.96. The van der Waals surface area contributed by atoms with Crippen LogP contribution in [0.1, 0.15) is 28.8 Å². The predicted molar refractivity (Wildman–Crippen MR) is 90.7 cm³/mol. The van der Waals surface area contributed by atoms with Gasteiger partial charge >= 0.3 is 0 Å². The molecule has 1 aromatic carbocycles. The lowest BCUT2D eigenvalue weighted by Crippen LogP contribution is -2.51. The van der Waals surface area contributed by atoms with Gasteiger partial charge in [-0.3, -0.25) is 14.5 Å². The van der Waals surface area contributed by atoms with Crippen molar-refractivity contribution >= 4 is 11.8 Å². The van der Waals surface area contributed by atoms with Gasteiger partial charge in [-0.15, -0.1) is 0 Å². The fourth-order valence-electron chi connectivity index (χ4n) is 2.91. The molecule has 6 nitrogen and oxygen atoms in total. The number of nitrogens with one attached hydrogen (secondary N) is 1. The maximum absolute atomic E-state index is 12.5. The number of hydrogen-bond acceptors (Lipinski definition) is 4. The Kier molecular flexibility index (Phi) is 5.48. The van der Waals surface area contributed by atoms with Crippen LogP contribution in [0.25, 0.3) is 0 Å². The lowest BCUT2D eigenvalue weighted by Gasteiger charge is -2.34. The van der Waals surface area contributed by atoms with E-state index < -0.39 is 0 Å². The number of benzene rings is 1. The smallest absolute Gasteiger partial charge is 0.253 e. The molecular weight excluding hydrogens is 306 g/mol. The van der Waals surface area contributed by atoms with E-state index in [-0.39, 0.29) is 11.8 Å². The summed E-state index contributed by atoms with van der Waals surface area (Å²) >= 11 is 0. The van der Waals surface area contributed by atoms with Gasteiger partial charge < -0.3 is 15.0 Å². The standard InChI is InChI=1S/C18H25N3O3/c1-24-13-14-2-4-15(5-3-14)18(23)21-10-8-20(9-11-21)12-17(22)19-16-6-7-16/h2-5,16H,6-13H2,1H3,(H,19,22). The first kappa shape index (κ1) is 16.9. The van der Waals surface area contributed by atoms with E-state index in [0.29, 0.717) is 37.8 Å². The zero-order valence-electron chi connectivity index (χ0n) is 14.2. The Morgan fingerprint density at radius 3 is 2.38 bits per heavy atom. The van der Waals surface area contributed by atoms with Crippen molar-refractivity contribution in [3.05, 3.63) is 35.4 Å². The lowest BCUT2D eigenvalue weighted by atomic mass is 10.1. The maximum atomic E-state index is 12.5. The molecule has 0 spiro atoms. The van der Waals surface area contributed by atoms with Crippen LogP contribution in [0, 0.1) is 0 Å². The molecule has 1 saturated heterocycles. The van der Waals surface area contributed by atoms with Crippen molar-refractivity contribution in [1.29, 1.82) is 0 Å². The van der Waals surface area contributed by atoms with Crippen LogP contribution in [0.15, 0.2) is 24.3 Å². The molecule has 2 aliphatic rings. The van der Waals surface area contributed by atoms with Gasteiger partial charge in [-0.05, 0) is 30.5 Å². The second-order valence-electron chi connectivity index (χ2n) is 6.54. The van der Waals surface area contributed by atoms with Gasteiger partial charge in [0.25, 0.3) is 5.91 Å². The molecule has 2 fully saturated rings. The number of carbonyl (C=O) groups is 2. The molecule has 0 radical (unpaired) electrons. The van der Waals surface area contributed by atoms with E-state index in [0.717, 1.165) is 31.5 Å². The molecule has 24 heavy (non-hydrogen) atoms. The van der Waals surface area contributed by atoms with Gasteiger partial charge in [0.15, 0.2) is 0 Å². The van der Waals surface area contributed by atoms with Crippen molar-refractivity contribution in [2.45, 2.75) is 25.5 Å². The first-order valence-corrected chi connectivity index (χ1v) is 8.54. The minimum atomic E-state index is 0.0565. The van der Waals surface area contributed by atoms with Gasteiger partial charge in [0.1, 0.15) is 0 Å². The van der Waals surface area contributed by atoms with Gasteiger partial charge in [-0.2, -0.15) is 0 Å². The number of nitrogens with zero attached hydrogens (tertiary/aromatic N) is 2. The molecule has 0 aromatic heterocycles. The van der Waals surface area contributed by atoms with Crippen molar-refractivity contribution in [3.63, 3.8) is 0 Å². The highest BCUT2D eigenvalue weighted by molar-refractivity contribution is 5.94. The fraction of sp³-hybridized carbons (Fsp3) is 0.556. The number of hydrogen-bond donors (Lipinski definition) is 1. The summed E-state index contributed by atoms with van der Waals surface area (Å²) in [4.78, 5) is 28.4. The molecule has 1 N–H and O–H groups in total. The van der Waals surface area contributed by atoms with Crippen LogP contribution < -0.4 is 5.32 Å². The minimum absolute atomic E-state index is 0.0565. The summed E-state index contributed by atoms with van der Waals surface area (Å²) < 4.78 is 5.08. The highest BCUT2D eigenvalue weighted by Crippen LogP contribution is 2.18. The van der Waals surface area contributed by atoms with E-state index in [4.69, 9.17) is 4.74 Å². The Hall–Kier alpha value is -1.92. The molecule has 0 bridgehead atoms. The van der Waals surface area contributed by atoms with Crippen LogP contribution in [0.3, 0.4) is 0 Å². The van der Waals surface area contributed by atoms with Crippen molar-refractivity contribution in [2.75, 3.05) is 39.8 Å². The Labute approximate surface area is 142 Å². The van der Waals surface area contributed by atoms with E-state index >= 15 is 0 Å². The third kappa shape index (κ3) is 4.55. The topological polar surface area (TPSA) is 61.9 Å². The molecule has 6 heteroatoms. The van der Waals surface area contributed by atoms with E-state index in [2.05, 4.69) is 10.2 Å². The molecule has 0 unspecified atom stereocenters. The van der Waals surface area contributed by atoms with E-state index in [1.54, 1.807) is 7.11 Å². The largest absolute Gasteiger partial charge is 0.380 e. The minimum Gasteiger partial charge on any atom is -0.380 e. The van der Waals surface area contributed by atoms with Gasteiger partial charge in [-0.1, -0.05) is 12.1 Å². The van der Waals surface area contributed by atoms with Crippen molar-refractivity contribution in [2.24, 2.45) is 0 Å². The maximum Gasteiger partial charge on any atom is 0.253 e. The van der Waals surface area contributed by atoms with Crippen molar-refractivity contribution in [3.8, 4) is 0 Å². The summed E-state index contributed by atoms with van der Waals surface area (Å²) in [5.41, 5.74) is 1.76. The second-order valence-corrected chi connectivity index (χ2v) is 6.54. The Morgan fingerprint density at radius 2 is 1.79 bits per heavy atom. The molecular formula is C18H25N3O3. The van der Waals surface area contributed by atoms with E-state index in [1.165, 1.54) is 0 Å². The average molecular weight is 331 g/mol. The van der Waals surface area contributed by atoms with Crippen LogP contribution in [0.5, 0.6) is 0 Å². The summed E-state index contributed by atoms with van der Waals surface area (Å²) in [6.45, 7) is 3.79. The molecule has 130 valence electrons. The molecule has 1 aromatic rings. The van der Waals surface area contributed by atoms with Crippen LogP contribution in [-0.2, 0) is 16.1 Å². The van der Waals surface area contributed by atoms with Gasteiger partial charge in [0.2, 0.25) is 5.91 Å². The molecule has 1 aliphatic carbocycles. The fourth-order valence-corrected chi connectivity index (χ4v) is 2.91. The first-order chi connectivity index (χ1) is 11.7. The Balaban J connectivity index is 1.46. The van der Waals surface area contributed by atoms with Gasteiger partial charge in [0, 0.05) is 44.9 Å². The van der Waals surface area contributed by atoms with Gasteiger partial charge in [0.05, 0.1) is 13.2 Å². The number of amides is 2. The normalized spacial score (nSPS) is 18.5. The molecule has 3 rings (SSSR count). The summed E-state index contributed by atoms with van der Waals surface area (Å²) in [5, 5.41) is 3.01. The Bertz CT molecular complexity index is 576. The van der Waals surface area contributed by atoms with Crippen LogP contribution in [-0.4, -0.2) is 67.5 Å². The lowest BCUT2D eigenvalue weighted by molar-refractivity contribution is -0.122. The van der Waals surface area contributed by atoms with E-state index in [1.807, 2.05) is 29.2 Å².